The summed E-state index contributed by atoms with van der Waals surface area (Å²) in [5, 5.41) is 3.37. The first-order chi connectivity index (χ1) is 10.1. The van der Waals surface area contributed by atoms with E-state index in [4.69, 9.17) is 27.9 Å². The second kappa shape index (κ2) is 7.29. The second-order valence-electron chi connectivity index (χ2n) is 4.16. The van der Waals surface area contributed by atoms with Crippen LogP contribution < -0.4 is 10.1 Å². The van der Waals surface area contributed by atoms with Gasteiger partial charge in [-0.05, 0) is 30.3 Å². The number of rotatable bonds is 5. The van der Waals surface area contributed by atoms with Gasteiger partial charge in [-0.2, -0.15) is 0 Å². The van der Waals surface area contributed by atoms with Gasteiger partial charge >= 0.3 is 0 Å². The van der Waals surface area contributed by atoms with Gasteiger partial charge in [0.1, 0.15) is 6.61 Å². The summed E-state index contributed by atoms with van der Waals surface area (Å²) in [6.45, 7) is 0.379. The normalized spacial score (nSPS) is 10.2. The van der Waals surface area contributed by atoms with Crippen molar-refractivity contribution in [2.45, 2.75) is 0 Å². The lowest BCUT2D eigenvalue weighted by Crippen LogP contribution is -2.28. The van der Waals surface area contributed by atoms with Crippen molar-refractivity contribution in [1.82, 2.24) is 5.32 Å². The maximum Gasteiger partial charge on any atom is 0.252 e. The van der Waals surface area contributed by atoms with Crippen molar-refractivity contribution in [2.75, 3.05) is 13.2 Å². The topological polar surface area (TPSA) is 38.3 Å². The van der Waals surface area contributed by atoms with Crippen LogP contribution in [0.25, 0.3) is 0 Å². The SMILES string of the molecule is O=C(NCCOc1ccccc1F)c1ccc(Cl)cc1Cl. The summed E-state index contributed by atoms with van der Waals surface area (Å²) < 4.78 is 18.5. The fraction of sp³-hybridized carbons (Fsp3) is 0.133. The van der Waals surface area contributed by atoms with Gasteiger partial charge in [-0.1, -0.05) is 35.3 Å². The molecule has 0 bridgehead atoms. The van der Waals surface area contributed by atoms with Crippen LogP contribution in [0.15, 0.2) is 42.5 Å². The molecule has 0 radical (unpaired) electrons. The van der Waals surface area contributed by atoms with Crippen molar-refractivity contribution >= 4 is 29.1 Å². The van der Waals surface area contributed by atoms with Gasteiger partial charge in [-0.15, -0.1) is 0 Å². The Bertz CT molecular complexity index is 649. The summed E-state index contributed by atoms with van der Waals surface area (Å²) in [5.74, 6) is -0.630. The Morgan fingerprint density at radius 3 is 2.67 bits per heavy atom. The first-order valence-electron chi connectivity index (χ1n) is 6.18. The molecule has 3 nitrogen and oxygen atoms in total. The third-order valence-electron chi connectivity index (χ3n) is 2.66. The van der Waals surface area contributed by atoms with Crippen LogP contribution in [-0.2, 0) is 0 Å². The smallest absolute Gasteiger partial charge is 0.252 e. The number of nitrogens with one attached hydrogen (secondary N) is 1. The summed E-state index contributed by atoms with van der Waals surface area (Å²) in [7, 11) is 0. The third kappa shape index (κ3) is 4.34. The van der Waals surface area contributed by atoms with E-state index in [0.717, 1.165) is 0 Å². The van der Waals surface area contributed by atoms with Crippen molar-refractivity contribution in [3.8, 4) is 5.75 Å². The zero-order chi connectivity index (χ0) is 15.2. The molecule has 110 valence electrons. The van der Waals surface area contributed by atoms with E-state index in [0.29, 0.717) is 10.6 Å². The van der Waals surface area contributed by atoms with Gasteiger partial charge in [0.2, 0.25) is 0 Å². The number of ether oxygens (including phenoxy) is 1. The predicted octanol–water partition coefficient (Wildman–Crippen LogP) is 3.94. The van der Waals surface area contributed by atoms with E-state index in [2.05, 4.69) is 5.32 Å². The van der Waals surface area contributed by atoms with Gasteiger partial charge in [-0.25, -0.2) is 4.39 Å². The highest BCUT2D eigenvalue weighted by Gasteiger charge is 2.10. The van der Waals surface area contributed by atoms with E-state index in [1.54, 1.807) is 18.2 Å². The largest absolute Gasteiger partial charge is 0.489 e. The van der Waals surface area contributed by atoms with Crippen LogP contribution in [0, 0.1) is 5.82 Å². The Labute approximate surface area is 131 Å². The Balaban J connectivity index is 1.83. The lowest BCUT2D eigenvalue weighted by Gasteiger charge is -2.09. The minimum absolute atomic E-state index is 0.149. The molecule has 0 saturated heterocycles. The molecular formula is C15H12Cl2FNO2. The van der Waals surface area contributed by atoms with Gasteiger partial charge in [-0.3, -0.25) is 4.79 Å². The Morgan fingerprint density at radius 2 is 1.95 bits per heavy atom. The number of para-hydroxylation sites is 1. The summed E-state index contributed by atoms with van der Waals surface area (Å²) in [5.41, 5.74) is 0.326. The van der Waals surface area contributed by atoms with E-state index in [9.17, 15) is 9.18 Å². The third-order valence-corrected chi connectivity index (χ3v) is 3.21. The number of halogens is 3. The highest BCUT2D eigenvalue weighted by atomic mass is 35.5. The molecule has 2 aromatic rings. The summed E-state index contributed by atoms with van der Waals surface area (Å²) >= 11 is 11.7. The Kier molecular flexibility index (Phi) is 5.42. The molecule has 0 heterocycles. The van der Waals surface area contributed by atoms with Gasteiger partial charge in [0, 0.05) is 5.02 Å². The van der Waals surface area contributed by atoms with Crippen molar-refractivity contribution in [2.24, 2.45) is 0 Å². The number of amides is 1. The summed E-state index contributed by atoms with van der Waals surface area (Å²) in [6.07, 6.45) is 0. The molecule has 21 heavy (non-hydrogen) atoms. The zero-order valence-electron chi connectivity index (χ0n) is 10.9. The predicted molar refractivity (Wildman–Crippen MR) is 80.7 cm³/mol. The molecule has 2 aromatic carbocycles. The average molecular weight is 328 g/mol. The van der Waals surface area contributed by atoms with Crippen LogP contribution in [0.4, 0.5) is 4.39 Å². The maximum absolute atomic E-state index is 13.3. The number of benzene rings is 2. The molecular weight excluding hydrogens is 316 g/mol. The first-order valence-corrected chi connectivity index (χ1v) is 6.94. The molecule has 0 aliphatic carbocycles. The zero-order valence-corrected chi connectivity index (χ0v) is 12.4. The van der Waals surface area contributed by atoms with Crippen molar-refractivity contribution < 1.29 is 13.9 Å². The van der Waals surface area contributed by atoms with Crippen LogP contribution in [0.3, 0.4) is 0 Å². The van der Waals surface area contributed by atoms with Crippen molar-refractivity contribution in [3.63, 3.8) is 0 Å². The molecule has 0 aromatic heterocycles. The molecule has 0 aliphatic heterocycles. The number of hydrogen-bond donors (Lipinski definition) is 1. The van der Waals surface area contributed by atoms with Crippen LogP contribution in [-0.4, -0.2) is 19.1 Å². The van der Waals surface area contributed by atoms with Crippen molar-refractivity contribution in [3.05, 3.63) is 63.9 Å². The molecule has 6 heteroatoms. The molecule has 2 rings (SSSR count). The average Bonchev–Trinajstić information content (AvgIpc) is 2.45. The number of hydrogen-bond acceptors (Lipinski definition) is 2. The van der Waals surface area contributed by atoms with E-state index in [1.807, 2.05) is 0 Å². The highest BCUT2D eigenvalue weighted by Crippen LogP contribution is 2.20. The molecule has 0 fully saturated rings. The van der Waals surface area contributed by atoms with Crippen LogP contribution in [0.2, 0.25) is 10.0 Å². The van der Waals surface area contributed by atoms with Gasteiger partial charge in [0.05, 0.1) is 17.1 Å². The monoisotopic (exact) mass is 327 g/mol. The van der Waals surface area contributed by atoms with Crippen LogP contribution in [0.1, 0.15) is 10.4 Å². The number of carbonyl (C=O) groups is 1. The van der Waals surface area contributed by atoms with Gasteiger partial charge in [0.25, 0.3) is 5.91 Å². The van der Waals surface area contributed by atoms with Crippen LogP contribution in [0.5, 0.6) is 5.75 Å². The second-order valence-corrected chi connectivity index (χ2v) is 5.00. The molecule has 0 spiro atoms. The van der Waals surface area contributed by atoms with E-state index in [1.165, 1.54) is 24.3 Å². The van der Waals surface area contributed by atoms with Crippen molar-refractivity contribution in [1.29, 1.82) is 0 Å². The van der Waals surface area contributed by atoms with E-state index < -0.39 is 5.82 Å². The summed E-state index contributed by atoms with van der Waals surface area (Å²) in [4.78, 5) is 11.9. The Morgan fingerprint density at radius 1 is 1.19 bits per heavy atom. The van der Waals surface area contributed by atoms with E-state index >= 15 is 0 Å². The number of carbonyl (C=O) groups excluding carboxylic acids is 1. The van der Waals surface area contributed by atoms with Gasteiger partial charge < -0.3 is 10.1 Å². The van der Waals surface area contributed by atoms with Gasteiger partial charge in [0.15, 0.2) is 11.6 Å². The molecule has 1 N–H and O–H groups in total. The highest BCUT2D eigenvalue weighted by molar-refractivity contribution is 6.36. The van der Waals surface area contributed by atoms with E-state index in [-0.39, 0.29) is 29.8 Å². The quantitative estimate of drug-likeness (QED) is 0.844. The fourth-order valence-corrected chi connectivity index (χ4v) is 2.15. The molecule has 0 unspecified atom stereocenters. The lowest BCUT2D eigenvalue weighted by atomic mass is 10.2. The Hall–Kier alpha value is -1.78. The summed E-state index contributed by atoms with van der Waals surface area (Å²) in [6, 6.07) is 10.7. The minimum atomic E-state index is -0.440. The molecule has 0 aliphatic rings. The van der Waals surface area contributed by atoms with Crippen LogP contribution >= 0.6 is 23.2 Å². The molecule has 0 atom stereocenters. The molecule has 0 saturated carbocycles. The lowest BCUT2D eigenvalue weighted by molar-refractivity contribution is 0.0947. The standard InChI is InChI=1S/C15H12Cl2FNO2/c16-10-5-6-11(12(17)9-10)15(20)19-7-8-21-14-4-2-1-3-13(14)18/h1-6,9H,7-8H2,(H,19,20). The first kappa shape index (κ1) is 15.6. The molecule has 1 amide bonds. The maximum atomic E-state index is 13.3. The minimum Gasteiger partial charge on any atom is -0.489 e. The fourth-order valence-electron chi connectivity index (χ4n) is 1.66.